The minimum atomic E-state index is -0.210. The Kier molecular flexibility index (Phi) is 6.38. The van der Waals surface area contributed by atoms with E-state index in [0.29, 0.717) is 11.7 Å². The number of benzene rings is 3. The summed E-state index contributed by atoms with van der Waals surface area (Å²) in [6.07, 6.45) is 13.5. The molecule has 2 nitrogen and oxygen atoms in total. The van der Waals surface area contributed by atoms with Crippen molar-refractivity contribution in [3.05, 3.63) is 142 Å². The molecule has 3 aromatic rings. The summed E-state index contributed by atoms with van der Waals surface area (Å²) in [5.41, 5.74) is 7.62. The molecule has 0 N–H and O–H groups in total. The molecule has 4 aliphatic rings. The Hall–Kier alpha value is -3.78. The normalized spacial score (nSPS) is 26.6. The fourth-order valence-corrected chi connectivity index (χ4v) is 8.88. The molecule has 0 spiro atoms. The van der Waals surface area contributed by atoms with Gasteiger partial charge in [-0.15, -0.1) is 0 Å². The molecule has 0 radical (unpaired) electrons. The van der Waals surface area contributed by atoms with Gasteiger partial charge in [-0.25, -0.2) is 0 Å². The lowest BCUT2D eigenvalue weighted by molar-refractivity contribution is 0.0789. The van der Waals surface area contributed by atoms with Gasteiger partial charge in [0.1, 0.15) is 0 Å². The van der Waals surface area contributed by atoms with Gasteiger partial charge < -0.3 is 0 Å². The van der Waals surface area contributed by atoms with Crippen LogP contribution < -0.4 is 0 Å². The van der Waals surface area contributed by atoms with Crippen molar-refractivity contribution in [2.24, 2.45) is 17.8 Å². The first-order chi connectivity index (χ1) is 20.2. The lowest BCUT2D eigenvalue weighted by atomic mass is 9.55. The molecule has 0 fully saturated rings. The van der Waals surface area contributed by atoms with Crippen molar-refractivity contribution < 1.29 is 9.59 Å². The number of hydrogen-bond acceptors (Lipinski definition) is 2. The van der Waals surface area contributed by atoms with Gasteiger partial charge >= 0.3 is 0 Å². The predicted molar refractivity (Wildman–Crippen MR) is 170 cm³/mol. The predicted octanol–water partition coefficient (Wildman–Crippen LogP) is 9.29. The summed E-state index contributed by atoms with van der Waals surface area (Å²) < 4.78 is 0. The number of rotatable bonds is 4. The summed E-state index contributed by atoms with van der Waals surface area (Å²) in [5.74, 6) is 1.27. The first kappa shape index (κ1) is 27.1. The fraction of sp³-hybridized carbons (Fsp3) is 0.350. The quantitative estimate of drug-likeness (QED) is 0.302. The number of ketones is 2. The summed E-state index contributed by atoms with van der Waals surface area (Å²) in [6.45, 7) is 9.41. The average molecular weight is 553 g/mol. The zero-order valence-electron chi connectivity index (χ0n) is 25.1. The summed E-state index contributed by atoms with van der Waals surface area (Å²) in [6, 6.07) is 25.9. The highest BCUT2D eigenvalue weighted by Crippen LogP contribution is 2.55. The first-order valence-corrected chi connectivity index (χ1v) is 15.6. The van der Waals surface area contributed by atoms with Gasteiger partial charge in [-0.05, 0) is 58.8 Å². The van der Waals surface area contributed by atoms with Gasteiger partial charge in [-0.2, -0.15) is 0 Å². The number of allylic oxidation sites excluding steroid dienone is 6. The molecule has 7 rings (SSSR count). The van der Waals surface area contributed by atoms with E-state index in [-0.39, 0.29) is 40.3 Å². The lowest BCUT2D eigenvalue weighted by Gasteiger charge is -2.48. The number of carbonyl (C=O) groups is 2. The van der Waals surface area contributed by atoms with Crippen LogP contribution in [0, 0.1) is 17.8 Å². The molecule has 2 heteroatoms. The summed E-state index contributed by atoms with van der Waals surface area (Å²) in [7, 11) is 0. The van der Waals surface area contributed by atoms with Crippen LogP contribution in [-0.4, -0.2) is 11.6 Å². The molecule has 3 aromatic carbocycles. The summed E-state index contributed by atoms with van der Waals surface area (Å²) in [4.78, 5) is 27.0. The molecule has 42 heavy (non-hydrogen) atoms. The Morgan fingerprint density at radius 3 is 1.93 bits per heavy atom. The highest BCUT2D eigenvalue weighted by Gasteiger charge is 2.49. The van der Waals surface area contributed by atoms with E-state index in [2.05, 4.69) is 107 Å². The Labute approximate surface area is 250 Å². The minimum absolute atomic E-state index is 0.0622. The van der Waals surface area contributed by atoms with Crippen LogP contribution in [0.15, 0.2) is 109 Å². The maximum Gasteiger partial charge on any atom is 0.170 e. The third-order valence-electron chi connectivity index (χ3n) is 11.1. The van der Waals surface area contributed by atoms with Crippen LogP contribution in [0.2, 0.25) is 0 Å². The second-order valence-electron chi connectivity index (χ2n) is 13.9. The van der Waals surface area contributed by atoms with Gasteiger partial charge in [0.2, 0.25) is 0 Å². The minimum Gasteiger partial charge on any atom is -0.294 e. The van der Waals surface area contributed by atoms with Crippen molar-refractivity contribution >= 4 is 11.6 Å². The largest absolute Gasteiger partial charge is 0.294 e. The van der Waals surface area contributed by atoms with E-state index in [0.717, 1.165) is 36.0 Å². The second kappa shape index (κ2) is 9.90. The standard InChI is InChI=1S/C40H40O2/c1-39(2,35-27-13-5-9-17-31(27)37(41)32-18-10-6-14-28(32)35)25-21-23-26(24-22-25)40(3,4)36-29-15-7-11-19-33(29)38(42)34-20-12-8-16-30(34)36/h5-15,17,19,21-24,30,32,34-36H,16,18,20H2,1-4H3. The maximum atomic E-state index is 13.5. The van der Waals surface area contributed by atoms with Crippen molar-refractivity contribution in [2.45, 2.75) is 69.6 Å². The van der Waals surface area contributed by atoms with E-state index in [9.17, 15) is 9.59 Å². The Bertz CT molecular complexity index is 1660. The SMILES string of the molecule is CC(C)(c1ccc(C(C)(C)C2c3ccccc3C(=O)C3CC=CCC32)cc1)C1C2=CC=CCC2C(=O)c2ccccc21. The topological polar surface area (TPSA) is 34.1 Å². The number of fused-ring (bicyclic) bond motifs is 4. The molecule has 0 aliphatic heterocycles. The van der Waals surface area contributed by atoms with E-state index in [1.54, 1.807) is 0 Å². The fourth-order valence-electron chi connectivity index (χ4n) is 8.88. The Morgan fingerprint density at radius 1 is 0.619 bits per heavy atom. The number of carbonyl (C=O) groups excluding carboxylic acids is 2. The van der Waals surface area contributed by atoms with Gasteiger partial charge in [0.25, 0.3) is 0 Å². The highest BCUT2D eigenvalue weighted by molar-refractivity contribution is 6.03. The zero-order chi connectivity index (χ0) is 29.2. The second-order valence-corrected chi connectivity index (χ2v) is 13.9. The van der Waals surface area contributed by atoms with Crippen LogP contribution in [0.4, 0.5) is 0 Å². The van der Waals surface area contributed by atoms with E-state index in [1.165, 1.54) is 22.3 Å². The molecule has 0 aromatic heterocycles. The van der Waals surface area contributed by atoms with Crippen LogP contribution in [-0.2, 0) is 10.8 Å². The maximum absolute atomic E-state index is 13.5. The monoisotopic (exact) mass is 552 g/mol. The molecule has 0 bridgehead atoms. The van der Waals surface area contributed by atoms with Gasteiger partial charge in [0.05, 0.1) is 0 Å². The van der Waals surface area contributed by atoms with Crippen molar-refractivity contribution in [3.63, 3.8) is 0 Å². The van der Waals surface area contributed by atoms with E-state index in [1.807, 2.05) is 24.3 Å². The van der Waals surface area contributed by atoms with Gasteiger partial charge in [0, 0.05) is 34.3 Å². The van der Waals surface area contributed by atoms with Crippen LogP contribution in [0.3, 0.4) is 0 Å². The van der Waals surface area contributed by atoms with Gasteiger partial charge in [-0.3, -0.25) is 9.59 Å². The Morgan fingerprint density at radius 2 is 1.21 bits per heavy atom. The van der Waals surface area contributed by atoms with Crippen LogP contribution >= 0.6 is 0 Å². The van der Waals surface area contributed by atoms with Crippen molar-refractivity contribution in [1.82, 2.24) is 0 Å². The lowest BCUT2D eigenvalue weighted by Crippen LogP contribution is -2.43. The Balaban J connectivity index is 1.28. The number of Topliss-reactive ketones (excluding diaryl/α,β-unsaturated/α-hetero) is 2. The highest BCUT2D eigenvalue weighted by atomic mass is 16.1. The molecule has 0 amide bonds. The third-order valence-corrected chi connectivity index (χ3v) is 11.1. The number of hydrogen-bond donors (Lipinski definition) is 0. The third kappa shape index (κ3) is 3.98. The zero-order valence-corrected chi connectivity index (χ0v) is 25.1. The molecule has 0 saturated carbocycles. The van der Waals surface area contributed by atoms with E-state index in [4.69, 9.17) is 0 Å². The summed E-state index contributed by atoms with van der Waals surface area (Å²) in [5, 5.41) is 0. The molecule has 4 aliphatic carbocycles. The molecule has 0 heterocycles. The van der Waals surface area contributed by atoms with Crippen molar-refractivity contribution in [2.75, 3.05) is 0 Å². The summed E-state index contributed by atoms with van der Waals surface area (Å²) >= 11 is 0. The van der Waals surface area contributed by atoms with E-state index >= 15 is 0 Å². The van der Waals surface area contributed by atoms with Crippen LogP contribution in [0.1, 0.15) is 102 Å². The van der Waals surface area contributed by atoms with E-state index < -0.39 is 0 Å². The van der Waals surface area contributed by atoms with Crippen LogP contribution in [0.5, 0.6) is 0 Å². The van der Waals surface area contributed by atoms with Crippen molar-refractivity contribution in [3.8, 4) is 0 Å². The first-order valence-electron chi connectivity index (χ1n) is 15.6. The molecular formula is C40H40O2. The molecule has 212 valence electrons. The van der Waals surface area contributed by atoms with Crippen molar-refractivity contribution in [1.29, 1.82) is 0 Å². The molecule has 0 saturated heterocycles. The molecular weight excluding hydrogens is 512 g/mol. The molecule has 5 unspecified atom stereocenters. The molecule has 5 atom stereocenters. The van der Waals surface area contributed by atoms with Gasteiger partial charge in [0.15, 0.2) is 11.6 Å². The van der Waals surface area contributed by atoms with Gasteiger partial charge in [-0.1, -0.05) is 136 Å². The smallest absolute Gasteiger partial charge is 0.170 e. The van der Waals surface area contributed by atoms with Crippen LogP contribution in [0.25, 0.3) is 0 Å². The average Bonchev–Trinajstić information content (AvgIpc) is 3.01.